The standard InChI is InChI=1S/C22H24Cl2N2O2S/c1-22(2,16-5-8-18(23)19(24)14-16)21(28)25-17-6-3-15(4-7-17)13-20(27)26-9-11-29-12-10-26/h3-8,14H,9-13H2,1-2H3,(H,25,28). The maximum Gasteiger partial charge on any atom is 0.234 e. The van der Waals surface area contributed by atoms with Crippen LogP contribution >= 0.6 is 35.0 Å². The summed E-state index contributed by atoms with van der Waals surface area (Å²) >= 11 is 14.0. The Hall–Kier alpha value is -1.69. The molecule has 0 aliphatic carbocycles. The monoisotopic (exact) mass is 450 g/mol. The molecule has 0 aromatic heterocycles. The molecule has 4 nitrogen and oxygen atoms in total. The van der Waals surface area contributed by atoms with E-state index in [1.165, 1.54) is 0 Å². The van der Waals surface area contributed by atoms with Crippen LogP contribution in [-0.2, 0) is 21.4 Å². The lowest BCUT2D eigenvalue weighted by atomic mass is 9.83. The second-order valence-corrected chi connectivity index (χ2v) is 9.61. The van der Waals surface area contributed by atoms with Crippen molar-refractivity contribution in [1.82, 2.24) is 4.90 Å². The highest BCUT2D eigenvalue weighted by atomic mass is 35.5. The van der Waals surface area contributed by atoms with E-state index < -0.39 is 5.41 Å². The quantitative estimate of drug-likeness (QED) is 0.694. The van der Waals surface area contributed by atoms with Gasteiger partial charge in [-0.2, -0.15) is 11.8 Å². The lowest BCUT2D eigenvalue weighted by Gasteiger charge is -2.26. The van der Waals surface area contributed by atoms with Gasteiger partial charge < -0.3 is 10.2 Å². The number of benzene rings is 2. The molecule has 2 amide bonds. The Morgan fingerprint density at radius 2 is 1.69 bits per heavy atom. The number of hydrogen-bond donors (Lipinski definition) is 1. The average molecular weight is 451 g/mol. The number of anilines is 1. The van der Waals surface area contributed by atoms with Crippen LogP contribution in [0.25, 0.3) is 0 Å². The molecule has 1 saturated heterocycles. The molecule has 0 bridgehead atoms. The number of thioether (sulfide) groups is 1. The second kappa shape index (κ2) is 9.41. The summed E-state index contributed by atoms with van der Waals surface area (Å²) in [6, 6.07) is 12.7. The Balaban J connectivity index is 1.63. The van der Waals surface area contributed by atoms with Gasteiger partial charge in [-0.15, -0.1) is 0 Å². The molecular formula is C22H24Cl2N2O2S. The first kappa shape index (κ1) is 22.0. The van der Waals surface area contributed by atoms with Crippen LogP contribution in [0.2, 0.25) is 10.0 Å². The van der Waals surface area contributed by atoms with Crippen molar-refractivity contribution >= 4 is 52.5 Å². The number of hydrogen-bond acceptors (Lipinski definition) is 3. The first-order chi connectivity index (χ1) is 13.8. The molecule has 1 aliphatic heterocycles. The van der Waals surface area contributed by atoms with Gasteiger partial charge in [-0.05, 0) is 49.2 Å². The van der Waals surface area contributed by atoms with E-state index in [0.717, 1.165) is 35.7 Å². The highest BCUT2D eigenvalue weighted by Gasteiger charge is 2.30. The summed E-state index contributed by atoms with van der Waals surface area (Å²) in [4.78, 5) is 27.2. The van der Waals surface area contributed by atoms with Gasteiger partial charge in [-0.25, -0.2) is 0 Å². The lowest BCUT2D eigenvalue weighted by molar-refractivity contribution is -0.130. The maximum atomic E-state index is 12.9. The normalized spacial score (nSPS) is 14.6. The van der Waals surface area contributed by atoms with Gasteiger partial charge in [-0.1, -0.05) is 41.4 Å². The molecule has 154 valence electrons. The van der Waals surface area contributed by atoms with E-state index in [1.54, 1.807) is 12.1 Å². The molecule has 7 heteroatoms. The third kappa shape index (κ3) is 5.47. The van der Waals surface area contributed by atoms with E-state index in [2.05, 4.69) is 5.32 Å². The minimum Gasteiger partial charge on any atom is -0.341 e. The van der Waals surface area contributed by atoms with Crippen molar-refractivity contribution in [1.29, 1.82) is 0 Å². The second-order valence-electron chi connectivity index (χ2n) is 7.57. The fourth-order valence-corrected chi connectivity index (χ4v) is 4.31. The van der Waals surface area contributed by atoms with Crippen molar-refractivity contribution in [2.45, 2.75) is 25.7 Å². The summed E-state index contributed by atoms with van der Waals surface area (Å²) < 4.78 is 0. The van der Waals surface area contributed by atoms with E-state index >= 15 is 0 Å². The summed E-state index contributed by atoms with van der Waals surface area (Å²) in [5.41, 5.74) is 1.63. The maximum absolute atomic E-state index is 12.9. The number of halogens is 2. The smallest absolute Gasteiger partial charge is 0.234 e. The zero-order valence-corrected chi connectivity index (χ0v) is 18.8. The van der Waals surface area contributed by atoms with E-state index in [9.17, 15) is 9.59 Å². The van der Waals surface area contributed by atoms with Crippen LogP contribution in [0.4, 0.5) is 5.69 Å². The predicted octanol–water partition coefficient (Wildman–Crippen LogP) is 5.03. The van der Waals surface area contributed by atoms with Crippen molar-refractivity contribution < 1.29 is 9.59 Å². The fraction of sp³-hybridized carbons (Fsp3) is 0.364. The van der Waals surface area contributed by atoms with Gasteiger partial charge in [0.1, 0.15) is 0 Å². The molecule has 1 fully saturated rings. The van der Waals surface area contributed by atoms with Gasteiger partial charge in [0.25, 0.3) is 0 Å². The SMILES string of the molecule is CC(C)(C(=O)Nc1ccc(CC(=O)N2CCSCC2)cc1)c1ccc(Cl)c(Cl)c1. The summed E-state index contributed by atoms with van der Waals surface area (Å²) in [6.07, 6.45) is 0.383. The molecule has 1 aliphatic rings. The van der Waals surface area contributed by atoms with E-state index in [-0.39, 0.29) is 11.8 Å². The largest absolute Gasteiger partial charge is 0.341 e. The minimum atomic E-state index is -0.783. The van der Waals surface area contributed by atoms with Gasteiger partial charge in [-0.3, -0.25) is 9.59 Å². The lowest BCUT2D eigenvalue weighted by Crippen LogP contribution is -2.38. The number of nitrogens with zero attached hydrogens (tertiary/aromatic N) is 1. The van der Waals surface area contributed by atoms with Crippen LogP contribution in [0.15, 0.2) is 42.5 Å². The average Bonchev–Trinajstić information content (AvgIpc) is 2.72. The summed E-state index contributed by atoms with van der Waals surface area (Å²) in [7, 11) is 0. The Morgan fingerprint density at radius 1 is 1.03 bits per heavy atom. The zero-order chi connectivity index (χ0) is 21.0. The van der Waals surface area contributed by atoms with Gasteiger partial charge in [0.15, 0.2) is 0 Å². The van der Waals surface area contributed by atoms with E-state index in [4.69, 9.17) is 23.2 Å². The molecule has 0 atom stereocenters. The van der Waals surface area contributed by atoms with Crippen molar-refractivity contribution in [2.75, 3.05) is 29.9 Å². The summed E-state index contributed by atoms with van der Waals surface area (Å²) in [5.74, 6) is 2.02. The minimum absolute atomic E-state index is 0.148. The van der Waals surface area contributed by atoms with Crippen LogP contribution in [0.3, 0.4) is 0 Å². The molecule has 1 heterocycles. The van der Waals surface area contributed by atoms with Crippen molar-refractivity contribution in [3.63, 3.8) is 0 Å². The first-order valence-corrected chi connectivity index (χ1v) is 11.4. The molecule has 0 unspecified atom stereocenters. The van der Waals surface area contributed by atoms with Crippen molar-refractivity contribution in [3.8, 4) is 0 Å². The van der Waals surface area contributed by atoms with Crippen LogP contribution in [0.1, 0.15) is 25.0 Å². The third-order valence-electron chi connectivity index (χ3n) is 5.14. The van der Waals surface area contributed by atoms with Crippen LogP contribution in [0, 0.1) is 0 Å². The van der Waals surface area contributed by atoms with Gasteiger partial charge in [0.05, 0.1) is 21.9 Å². The van der Waals surface area contributed by atoms with E-state index in [1.807, 2.05) is 60.8 Å². The van der Waals surface area contributed by atoms with Gasteiger partial charge >= 0.3 is 0 Å². The summed E-state index contributed by atoms with van der Waals surface area (Å²) in [5, 5.41) is 3.83. The molecule has 0 saturated carbocycles. The number of rotatable bonds is 5. The number of amides is 2. The molecule has 2 aromatic carbocycles. The number of carbonyl (C=O) groups is 2. The number of carbonyl (C=O) groups excluding carboxylic acids is 2. The van der Waals surface area contributed by atoms with Crippen LogP contribution < -0.4 is 5.32 Å². The molecule has 0 spiro atoms. The zero-order valence-electron chi connectivity index (χ0n) is 16.5. The molecule has 2 aromatic rings. The molecular weight excluding hydrogens is 427 g/mol. The highest BCUT2D eigenvalue weighted by molar-refractivity contribution is 7.99. The summed E-state index contributed by atoms with van der Waals surface area (Å²) in [6.45, 7) is 5.32. The van der Waals surface area contributed by atoms with Crippen LogP contribution in [-0.4, -0.2) is 41.3 Å². The highest BCUT2D eigenvalue weighted by Crippen LogP contribution is 2.31. The predicted molar refractivity (Wildman–Crippen MR) is 122 cm³/mol. The fourth-order valence-electron chi connectivity index (χ4n) is 3.11. The first-order valence-electron chi connectivity index (χ1n) is 9.49. The Labute approximate surface area is 185 Å². The molecule has 29 heavy (non-hydrogen) atoms. The Kier molecular flexibility index (Phi) is 7.14. The van der Waals surface area contributed by atoms with Gasteiger partial charge in [0.2, 0.25) is 11.8 Å². The third-order valence-corrected chi connectivity index (χ3v) is 6.82. The number of nitrogens with one attached hydrogen (secondary N) is 1. The van der Waals surface area contributed by atoms with Crippen LogP contribution in [0.5, 0.6) is 0 Å². The molecule has 0 radical (unpaired) electrons. The Morgan fingerprint density at radius 3 is 2.31 bits per heavy atom. The van der Waals surface area contributed by atoms with Gasteiger partial charge in [0, 0.05) is 30.3 Å². The topological polar surface area (TPSA) is 49.4 Å². The molecule has 1 N–H and O–H groups in total. The molecule has 3 rings (SSSR count). The Bertz CT molecular complexity index is 894. The van der Waals surface area contributed by atoms with E-state index in [0.29, 0.717) is 22.2 Å². The van der Waals surface area contributed by atoms with Crippen molar-refractivity contribution in [3.05, 3.63) is 63.6 Å². The van der Waals surface area contributed by atoms with Crippen molar-refractivity contribution in [2.24, 2.45) is 0 Å².